The van der Waals surface area contributed by atoms with Crippen molar-refractivity contribution in [3.63, 3.8) is 0 Å². The summed E-state index contributed by atoms with van der Waals surface area (Å²) >= 11 is 5.79. The van der Waals surface area contributed by atoms with Crippen LogP contribution in [-0.2, 0) is 6.54 Å². The van der Waals surface area contributed by atoms with Crippen molar-refractivity contribution in [2.45, 2.75) is 6.54 Å². The Morgan fingerprint density at radius 2 is 1.71 bits per heavy atom. The zero-order valence-corrected chi connectivity index (χ0v) is 9.78. The Balaban J connectivity index is 2.02. The van der Waals surface area contributed by atoms with E-state index in [0.717, 1.165) is 11.3 Å². The zero-order chi connectivity index (χ0) is 12.3. The van der Waals surface area contributed by atoms with E-state index in [4.69, 9.17) is 16.7 Å². The topological polar surface area (TPSA) is 52.5 Å². The van der Waals surface area contributed by atoms with Gasteiger partial charge >= 0.3 is 0 Å². The van der Waals surface area contributed by atoms with Gasteiger partial charge in [-0.2, -0.15) is 0 Å². The number of nitrogens with one attached hydrogen (secondary N) is 1. The smallest absolute Gasteiger partial charge is 0.134 e. The Bertz CT molecular complexity index is 511. The standard InChI is InChI=1S/C13H12ClNO2/c14-12-7-10(3-6-13(12)17)15-8-9-1-4-11(16)5-2-9/h1-7,15-17H,8H2. The molecular weight excluding hydrogens is 238 g/mol. The number of anilines is 1. The van der Waals surface area contributed by atoms with Crippen molar-refractivity contribution in [2.24, 2.45) is 0 Å². The van der Waals surface area contributed by atoms with Gasteiger partial charge in [0.1, 0.15) is 11.5 Å². The van der Waals surface area contributed by atoms with Gasteiger partial charge in [-0.25, -0.2) is 0 Å². The van der Waals surface area contributed by atoms with E-state index in [1.807, 2.05) is 12.1 Å². The van der Waals surface area contributed by atoms with Crippen molar-refractivity contribution in [2.75, 3.05) is 5.32 Å². The minimum absolute atomic E-state index is 0.0712. The van der Waals surface area contributed by atoms with Gasteiger partial charge in [-0.3, -0.25) is 0 Å². The molecule has 0 heterocycles. The summed E-state index contributed by atoms with van der Waals surface area (Å²) in [7, 11) is 0. The van der Waals surface area contributed by atoms with Crippen LogP contribution in [0.1, 0.15) is 5.56 Å². The third kappa shape index (κ3) is 3.04. The van der Waals surface area contributed by atoms with Crippen molar-refractivity contribution in [3.05, 3.63) is 53.1 Å². The first kappa shape index (κ1) is 11.6. The van der Waals surface area contributed by atoms with Crippen LogP contribution in [0.3, 0.4) is 0 Å². The van der Waals surface area contributed by atoms with Gasteiger partial charge in [0, 0.05) is 12.2 Å². The quantitative estimate of drug-likeness (QED) is 0.731. The summed E-state index contributed by atoms with van der Waals surface area (Å²) < 4.78 is 0. The van der Waals surface area contributed by atoms with Crippen LogP contribution >= 0.6 is 11.6 Å². The molecule has 2 aromatic rings. The summed E-state index contributed by atoms with van der Waals surface area (Å²) in [5.41, 5.74) is 1.88. The van der Waals surface area contributed by atoms with Crippen molar-refractivity contribution in [1.29, 1.82) is 0 Å². The van der Waals surface area contributed by atoms with Gasteiger partial charge in [-0.15, -0.1) is 0 Å². The van der Waals surface area contributed by atoms with Gasteiger partial charge < -0.3 is 15.5 Å². The van der Waals surface area contributed by atoms with Gasteiger partial charge in [0.15, 0.2) is 0 Å². The highest BCUT2D eigenvalue weighted by Crippen LogP contribution is 2.26. The molecule has 0 atom stereocenters. The third-order valence-corrected chi connectivity index (χ3v) is 2.68. The molecule has 0 radical (unpaired) electrons. The predicted octanol–water partition coefficient (Wildman–Crippen LogP) is 3.36. The highest BCUT2D eigenvalue weighted by molar-refractivity contribution is 6.32. The normalized spacial score (nSPS) is 10.2. The largest absolute Gasteiger partial charge is 0.508 e. The van der Waals surface area contributed by atoms with Crippen molar-refractivity contribution in [1.82, 2.24) is 0 Å². The van der Waals surface area contributed by atoms with Gasteiger partial charge in [0.2, 0.25) is 0 Å². The monoisotopic (exact) mass is 249 g/mol. The van der Waals surface area contributed by atoms with Gasteiger partial charge in [0.25, 0.3) is 0 Å². The fourth-order valence-electron chi connectivity index (χ4n) is 1.43. The molecule has 4 heteroatoms. The molecule has 0 aromatic heterocycles. The Morgan fingerprint density at radius 1 is 1.00 bits per heavy atom. The van der Waals surface area contributed by atoms with E-state index >= 15 is 0 Å². The minimum atomic E-state index is 0.0712. The fourth-order valence-corrected chi connectivity index (χ4v) is 1.62. The fraction of sp³-hybridized carbons (Fsp3) is 0.0769. The minimum Gasteiger partial charge on any atom is -0.508 e. The Hall–Kier alpha value is -1.87. The molecule has 0 saturated heterocycles. The van der Waals surface area contributed by atoms with Crippen molar-refractivity contribution in [3.8, 4) is 11.5 Å². The molecule has 2 rings (SSSR count). The second-order valence-corrected chi connectivity index (χ2v) is 4.09. The molecule has 88 valence electrons. The van der Waals surface area contributed by atoms with Crippen LogP contribution in [-0.4, -0.2) is 10.2 Å². The lowest BCUT2D eigenvalue weighted by molar-refractivity contribution is 0.474. The number of aromatic hydroxyl groups is 2. The lowest BCUT2D eigenvalue weighted by atomic mass is 10.2. The summed E-state index contributed by atoms with van der Waals surface area (Å²) in [5.74, 6) is 0.322. The zero-order valence-electron chi connectivity index (χ0n) is 9.02. The molecule has 0 spiro atoms. The first-order valence-corrected chi connectivity index (χ1v) is 5.53. The number of hydrogen-bond acceptors (Lipinski definition) is 3. The van der Waals surface area contributed by atoms with Gasteiger partial charge in [0.05, 0.1) is 5.02 Å². The molecule has 0 unspecified atom stereocenters. The molecule has 0 aliphatic carbocycles. The maximum Gasteiger partial charge on any atom is 0.134 e. The number of phenolic OH excluding ortho intramolecular Hbond substituents is 2. The van der Waals surface area contributed by atoms with Crippen LogP contribution in [0, 0.1) is 0 Å². The number of rotatable bonds is 3. The average Bonchev–Trinajstić information content (AvgIpc) is 2.33. The Labute approximate surface area is 104 Å². The second kappa shape index (κ2) is 4.97. The average molecular weight is 250 g/mol. The molecule has 17 heavy (non-hydrogen) atoms. The molecule has 3 nitrogen and oxygen atoms in total. The molecular formula is C13H12ClNO2. The Morgan fingerprint density at radius 3 is 2.35 bits per heavy atom. The van der Waals surface area contributed by atoms with E-state index < -0.39 is 0 Å². The molecule has 0 saturated carbocycles. The molecule has 0 amide bonds. The van der Waals surface area contributed by atoms with E-state index in [-0.39, 0.29) is 11.5 Å². The van der Waals surface area contributed by atoms with Gasteiger partial charge in [-0.05, 0) is 35.9 Å². The molecule has 0 fully saturated rings. The summed E-state index contributed by atoms with van der Waals surface area (Å²) in [6, 6.07) is 11.9. The summed E-state index contributed by atoms with van der Waals surface area (Å²) in [6.07, 6.45) is 0. The first-order valence-electron chi connectivity index (χ1n) is 5.15. The van der Waals surface area contributed by atoms with Crippen LogP contribution in [0.5, 0.6) is 11.5 Å². The highest BCUT2D eigenvalue weighted by Gasteiger charge is 1.99. The SMILES string of the molecule is Oc1ccc(CNc2ccc(O)c(Cl)c2)cc1. The molecule has 0 aliphatic rings. The van der Waals surface area contributed by atoms with E-state index in [9.17, 15) is 5.11 Å². The van der Waals surface area contributed by atoms with E-state index in [2.05, 4.69) is 5.32 Å². The lowest BCUT2D eigenvalue weighted by Gasteiger charge is -2.07. The lowest BCUT2D eigenvalue weighted by Crippen LogP contribution is -1.98. The Kier molecular flexibility index (Phi) is 3.40. The third-order valence-electron chi connectivity index (χ3n) is 2.38. The van der Waals surface area contributed by atoms with Crippen LogP contribution in [0.25, 0.3) is 0 Å². The van der Waals surface area contributed by atoms with E-state index in [1.54, 1.807) is 30.3 Å². The predicted molar refractivity (Wildman–Crippen MR) is 68.6 cm³/mol. The molecule has 0 aliphatic heterocycles. The van der Waals surface area contributed by atoms with Crippen molar-refractivity contribution < 1.29 is 10.2 Å². The summed E-state index contributed by atoms with van der Waals surface area (Å²) in [4.78, 5) is 0. The maximum absolute atomic E-state index is 9.27. The summed E-state index contributed by atoms with van der Waals surface area (Å²) in [5, 5.41) is 21.9. The van der Waals surface area contributed by atoms with Crippen LogP contribution in [0.4, 0.5) is 5.69 Å². The number of phenols is 2. The van der Waals surface area contributed by atoms with Gasteiger partial charge in [-0.1, -0.05) is 23.7 Å². The van der Waals surface area contributed by atoms with Crippen LogP contribution in [0.15, 0.2) is 42.5 Å². The molecule has 2 aromatic carbocycles. The molecule has 0 bridgehead atoms. The maximum atomic E-state index is 9.27. The number of halogens is 1. The summed E-state index contributed by atoms with van der Waals surface area (Å²) in [6.45, 7) is 0.626. The van der Waals surface area contributed by atoms with E-state index in [0.29, 0.717) is 11.6 Å². The second-order valence-electron chi connectivity index (χ2n) is 3.69. The first-order chi connectivity index (χ1) is 8.15. The van der Waals surface area contributed by atoms with Crippen molar-refractivity contribution >= 4 is 17.3 Å². The van der Waals surface area contributed by atoms with E-state index in [1.165, 1.54) is 0 Å². The number of hydrogen-bond donors (Lipinski definition) is 3. The van der Waals surface area contributed by atoms with Crippen LogP contribution < -0.4 is 5.32 Å². The number of benzene rings is 2. The van der Waals surface area contributed by atoms with Crippen LogP contribution in [0.2, 0.25) is 5.02 Å². The molecule has 3 N–H and O–H groups in total. The highest BCUT2D eigenvalue weighted by atomic mass is 35.5.